The summed E-state index contributed by atoms with van der Waals surface area (Å²) >= 11 is 5.95. The van der Waals surface area contributed by atoms with Crippen molar-refractivity contribution >= 4 is 23.4 Å². The van der Waals surface area contributed by atoms with Gasteiger partial charge in [0.2, 0.25) is 0 Å². The Kier molecular flexibility index (Phi) is 5.86. The van der Waals surface area contributed by atoms with Crippen molar-refractivity contribution < 1.29 is 9.59 Å². The number of aryl methyl sites for hydroxylation is 2. The Bertz CT molecular complexity index is 1060. The second-order valence-electron chi connectivity index (χ2n) is 7.51. The van der Waals surface area contributed by atoms with Crippen molar-refractivity contribution in [1.29, 1.82) is 0 Å². The molecule has 0 atom stereocenters. The summed E-state index contributed by atoms with van der Waals surface area (Å²) in [6.45, 7) is 4.17. The zero-order chi connectivity index (χ0) is 21.1. The second kappa shape index (κ2) is 8.71. The summed E-state index contributed by atoms with van der Waals surface area (Å²) in [5.74, 6) is -0.402. The highest BCUT2D eigenvalue weighted by molar-refractivity contribution is 6.30. The van der Waals surface area contributed by atoms with E-state index in [1.807, 2.05) is 55.5 Å². The number of fused-ring (bicyclic) bond motifs is 1. The van der Waals surface area contributed by atoms with E-state index in [0.29, 0.717) is 36.9 Å². The van der Waals surface area contributed by atoms with E-state index in [2.05, 4.69) is 10.4 Å². The molecule has 4 rings (SSSR count). The summed E-state index contributed by atoms with van der Waals surface area (Å²) in [7, 11) is 0. The Labute approximate surface area is 180 Å². The zero-order valence-electron chi connectivity index (χ0n) is 16.8. The van der Waals surface area contributed by atoms with E-state index in [-0.39, 0.29) is 17.5 Å². The molecule has 0 saturated heterocycles. The van der Waals surface area contributed by atoms with Crippen LogP contribution in [0.25, 0.3) is 0 Å². The van der Waals surface area contributed by atoms with Crippen LogP contribution < -0.4 is 5.32 Å². The summed E-state index contributed by atoms with van der Waals surface area (Å²) in [6.07, 6.45) is 0.776. The maximum atomic E-state index is 13.1. The number of nitrogens with zero attached hydrogens (tertiary/aromatic N) is 3. The summed E-state index contributed by atoms with van der Waals surface area (Å²) in [5.41, 5.74) is 3.90. The highest BCUT2D eigenvalue weighted by Gasteiger charge is 2.26. The molecule has 1 aliphatic rings. The van der Waals surface area contributed by atoms with Crippen LogP contribution in [0.3, 0.4) is 0 Å². The van der Waals surface area contributed by atoms with Crippen LogP contribution in [0.2, 0.25) is 5.02 Å². The van der Waals surface area contributed by atoms with Gasteiger partial charge < -0.3 is 10.2 Å². The van der Waals surface area contributed by atoms with E-state index in [1.165, 1.54) is 5.56 Å². The van der Waals surface area contributed by atoms with Gasteiger partial charge in [0.25, 0.3) is 11.8 Å². The van der Waals surface area contributed by atoms with Crippen molar-refractivity contribution in [3.63, 3.8) is 0 Å². The van der Waals surface area contributed by atoms with Crippen molar-refractivity contribution in [1.82, 2.24) is 20.0 Å². The number of carbonyl (C=O) groups is 2. The second-order valence-corrected chi connectivity index (χ2v) is 7.95. The SMILES string of the molecule is Cc1ccc(CNC(=O)c2cc3n(n2)CCCN(Cc2ccc(Cl)cc2)C3=O)cc1. The Hall–Kier alpha value is -3.12. The molecule has 0 radical (unpaired) electrons. The van der Waals surface area contributed by atoms with Crippen LogP contribution in [0.1, 0.15) is 44.1 Å². The van der Waals surface area contributed by atoms with E-state index in [9.17, 15) is 9.59 Å². The lowest BCUT2D eigenvalue weighted by molar-refractivity contribution is 0.0745. The topological polar surface area (TPSA) is 67.2 Å². The number of hydrogen-bond donors (Lipinski definition) is 1. The molecule has 2 aromatic carbocycles. The molecule has 0 bridgehead atoms. The van der Waals surface area contributed by atoms with Gasteiger partial charge in [-0.2, -0.15) is 5.10 Å². The van der Waals surface area contributed by atoms with Gasteiger partial charge in [0.15, 0.2) is 5.69 Å². The normalized spacial score (nSPS) is 13.7. The minimum atomic E-state index is -0.284. The van der Waals surface area contributed by atoms with Crippen molar-refractivity contribution in [2.75, 3.05) is 6.54 Å². The largest absolute Gasteiger partial charge is 0.347 e. The molecule has 7 heteroatoms. The number of rotatable bonds is 5. The number of carbonyl (C=O) groups excluding carboxylic acids is 2. The molecule has 6 nitrogen and oxygen atoms in total. The van der Waals surface area contributed by atoms with Gasteiger partial charge in [-0.05, 0) is 36.6 Å². The highest BCUT2D eigenvalue weighted by Crippen LogP contribution is 2.18. The predicted octanol–water partition coefficient (Wildman–Crippen LogP) is 3.82. The van der Waals surface area contributed by atoms with Gasteiger partial charge >= 0.3 is 0 Å². The van der Waals surface area contributed by atoms with Crippen molar-refractivity contribution in [2.24, 2.45) is 0 Å². The third kappa shape index (κ3) is 4.54. The van der Waals surface area contributed by atoms with Gasteiger partial charge in [0.1, 0.15) is 5.69 Å². The van der Waals surface area contributed by atoms with Gasteiger partial charge in [0.05, 0.1) is 0 Å². The molecule has 1 aliphatic heterocycles. The first-order valence-electron chi connectivity index (χ1n) is 9.95. The first-order valence-corrected chi connectivity index (χ1v) is 10.3. The summed E-state index contributed by atoms with van der Waals surface area (Å²) in [6, 6.07) is 17.0. The third-order valence-corrected chi connectivity index (χ3v) is 5.43. The first-order chi connectivity index (χ1) is 14.5. The van der Waals surface area contributed by atoms with Crippen LogP contribution in [0, 0.1) is 6.92 Å². The van der Waals surface area contributed by atoms with Gasteiger partial charge in [-0.15, -0.1) is 0 Å². The van der Waals surface area contributed by atoms with Crippen molar-refractivity contribution in [3.8, 4) is 0 Å². The fourth-order valence-corrected chi connectivity index (χ4v) is 3.61. The Morgan fingerprint density at radius 1 is 1.07 bits per heavy atom. The average Bonchev–Trinajstić information content (AvgIpc) is 3.12. The molecule has 2 amide bonds. The van der Waals surface area contributed by atoms with E-state index >= 15 is 0 Å². The molecule has 154 valence electrons. The lowest BCUT2D eigenvalue weighted by Gasteiger charge is -2.20. The number of amides is 2. The maximum absolute atomic E-state index is 13.1. The van der Waals surface area contributed by atoms with Crippen molar-refractivity contribution in [2.45, 2.75) is 33.0 Å². The van der Waals surface area contributed by atoms with Crippen LogP contribution in [0.5, 0.6) is 0 Å². The molecule has 1 aromatic heterocycles. The molecule has 30 heavy (non-hydrogen) atoms. The van der Waals surface area contributed by atoms with E-state index in [4.69, 9.17) is 11.6 Å². The number of hydrogen-bond acceptors (Lipinski definition) is 3. The van der Waals surface area contributed by atoms with Gasteiger partial charge in [0, 0.05) is 37.3 Å². The predicted molar refractivity (Wildman–Crippen MR) is 115 cm³/mol. The maximum Gasteiger partial charge on any atom is 0.272 e. The molecule has 0 saturated carbocycles. The fourth-order valence-electron chi connectivity index (χ4n) is 3.49. The molecule has 0 aliphatic carbocycles. The van der Waals surface area contributed by atoms with Crippen LogP contribution in [-0.4, -0.2) is 33.0 Å². The summed E-state index contributed by atoms with van der Waals surface area (Å²) in [4.78, 5) is 27.4. The van der Waals surface area contributed by atoms with Gasteiger partial charge in [-0.25, -0.2) is 0 Å². The molecular formula is C23H23ClN4O2. The molecule has 1 N–H and O–H groups in total. The molecule has 0 spiro atoms. The molecule has 0 fully saturated rings. The summed E-state index contributed by atoms with van der Waals surface area (Å²) in [5, 5.41) is 7.93. The Morgan fingerprint density at radius 3 is 2.50 bits per heavy atom. The minimum absolute atomic E-state index is 0.118. The van der Waals surface area contributed by atoms with Crippen LogP contribution >= 0.6 is 11.6 Å². The number of benzene rings is 2. The van der Waals surface area contributed by atoms with Gasteiger partial charge in [-0.1, -0.05) is 53.6 Å². The zero-order valence-corrected chi connectivity index (χ0v) is 17.5. The number of halogens is 1. The molecule has 0 unspecified atom stereocenters. The standard InChI is InChI=1S/C23H23ClN4O2/c1-16-3-5-17(6-4-16)14-25-22(29)20-13-21-23(30)27(11-2-12-28(21)26-20)15-18-7-9-19(24)10-8-18/h3-10,13H,2,11-12,14-15H2,1H3,(H,25,29). The van der Waals surface area contributed by atoms with E-state index < -0.39 is 0 Å². The molecular weight excluding hydrogens is 400 g/mol. The van der Waals surface area contributed by atoms with Crippen LogP contribution in [0.15, 0.2) is 54.6 Å². The number of nitrogens with one attached hydrogen (secondary N) is 1. The smallest absolute Gasteiger partial charge is 0.272 e. The fraction of sp³-hybridized carbons (Fsp3) is 0.261. The van der Waals surface area contributed by atoms with Crippen LogP contribution in [0.4, 0.5) is 0 Å². The average molecular weight is 423 g/mol. The number of aromatic nitrogens is 2. The third-order valence-electron chi connectivity index (χ3n) is 5.18. The Morgan fingerprint density at radius 2 is 1.77 bits per heavy atom. The first kappa shape index (κ1) is 20.2. The van der Waals surface area contributed by atoms with Crippen LogP contribution in [-0.2, 0) is 19.6 Å². The minimum Gasteiger partial charge on any atom is -0.347 e. The summed E-state index contributed by atoms with van der Waals surface area (Å²) < 4.78 is 1.64. The van der Waals surface area contributed by atoms with E-state index in [1.54, 1.807) is 15.6 Å². The quantitative estimate of drug-likeness (QED) is 0.679. The molecule has 3 aromatic rings. The monoisotopic (exact) mass is 422 g/mol. The van der Waals surface area contributed by atoms with E-state index in [0.717, 1.165) is 17.5 Å². The van der Waals surface area contributed by atoms with Gasteiger partial charge in [-0.3, -0.25) is 14.3 Å². The molecule has 2 heterocycles. The van der Waals surface area contributed by atoms with Crippen molar-refractivity contribution in [3.05, 3.63) is 87.7 Å². The lowest BCUT2D eigenvalue weighted by Crippen LogP contribution is -2.30. The highest BCUT2D eigenvalue weighted by atomic mass is 35.5. The lowest BCUT2D eigenvalue weighted by atomic mass is 10.1. The Balaban J connectivity index is 1.45.